The van der Waals surface area contributed by atoms with Crippen molar-refractivity contribution in [2.24, 2.45) is 11.0 Å². The zero-order valence-electron chi connectivity index (χ0n) is 23.5. The maximum absolute atomic E-state index is 13.8. The van der Waals surface area contributed by atoms with Crippen molar-refractivity contribution in [3.05, 3.63) is 137 Å². The molecule has 0 saturated heterocycles. The molecular formula is C36H30F2N2O3. The molecule has 0 spiro atoms. The topological polar surface area (TPSA) is 59.0 Å². The van der Waals surface area contributed by atoms with Gasteiger partial charge >= 0.3 is 5.97 Å². The van der Waals surface area contributed by atoms with Gasteiger partial charge in [0.1, 0.15) is 11.6 Å². The fraction of sp³-hybridized carbons (Fsp3) is 0.194. The quantitative estimate of drug-likeness (QED) is 0.214. The van der Waals surface area contributed by atoms with Crippen LogP contribution < -0.4 is 0 Å². The van der Waals surface area contributed by atoms with Gasteiger partial charge in [0.2, 0.25) is 0 Å². The fourth-order valence-electron chi connectivity index (χ4n) is 5.83. The summed E-state index contributed by atoms with van der Waals surface area (Å²) in [7, 11) is 0. The fourth-order valence-corrected chi connectivity index (χ4v) is 5.83. The number of fused-ring (bicyclic) bond motifs is 1. The number of allylic oxidation sites excluding steroid dienone is 1. The van der Waals surface area contributed by atoms with Gasteiger partial charge in [0.25, 0.3) is 5.91 Å². The van der Waals surface area contributed by atoms with Gasteiger partial charge in [0.15, 0.2) is 6.61 Å². The third kappa shape index (κ3) is 6.46. The standard InChI is InChI=1S/C36H30F2N2O3/c37-30-17-11-24(12-18-30)21-29-7-4-8-32-35(29)39-40(36(32)28-15-19-31(38)20-16-28)33(41)23-43-34(42)22-25-9-13-27(14-10-25)26-5-2-1-3-6-26/h1-3,5-6,9-21,32,36H,4,7-8,22-23H2/b29-21-/t32-,36-/m0/s1. The molecule has 6 rings (SSSR count). The molecule has 7 heteroatoms. The highest BCUT2D eigenvalue weighted by atomic mass is 19.1. The van der Waals surface area contributed by atoms with Gasteiger partial charge in [-0.3, -0.25) is 9.59 Å². The summed E-state index contributed by atoms with van der Waals surface area (Å²) in [5.41, 5.74) is 6.26. The molecule has 0 unspecified atom stereocenters. The Kier molecular flexibility index (Phi) is 8.22. The summed E-state index contributed by atoms with van der Waals surface area (Å²) in [4.78, 5) is 26.2. The first kappa shape index (κ1) is 28.2. The number of esters is 1. The first-order chi connectivity index (χ1) is 20.9. The third-order valence-electron chi connectivity index (χ3n) is 7.95. The first-order valence-corrected chi connectivity index (χ1v) is 14.4. The Morgan fingerprint density at radius 1 is 0.837 bits per heavy atom. The molecule has 1 aliphatic carbocycles. The maximum atomic E-state index is 13.8. The second kappa shape index (κ2) is 12.5. The van der Waals surface area contributed by atoms with E-state index in [1.54, 1.807) is 24.3 Å². The molecule has 1 heterocycles. The summed E-state index contributed by atoms with van der Waals surface area (Å²) in [6.07, 6.45) is 4.45. The molecule has 4 aromatic carbocycles. The number of benzene rings is 4. The largest absolute Gasteiger partial charge is 0.455 e. The number of ether oxygens (including phenoxy) is 1. The molecule has 0 radical (unpaired) electrons. The van der Waals surface area contributed by atoms with Crippen molar-refractivity contribution in [3.63, 3.8) is 0 Å². The summed E-state index contributed by atoms with van der Waals surface area (Å²) < 4.78 is 32.7. The highest BCUT2D eigenvalue weighted by Gasteiger charge is 2.43. The summed E-state index contributed by atoms with van der Waals surface area (Å²) in [5.74, 6) is -1.75. The van der Waals surface area contributed by atoms with Crippen molar-refractivity contribution >= 4 is 23.7 Å². The van der Waals surface area contributed by atoms with Gasteiger partial charge in [-0.15, -0.1) is 0 Å². The van der Waals surface area contributed by atoms with Crippen molar-refractivity contribution in [1.82, 2.24) is 5.01 Å². The lowest BCUT2D eigenvalue weighted by molar-refractivity contribution is -0.152. The highest BCUT2D eigenvalue weighted by molar-refractivity contribution is 6.08. The van der Waals surface area contributed by atoms with E-state index in [0.717, 1.165) is 58.4 Å². The average Bonchev–Trinajstić information content (AvgIpc) is 3.43. The molecule has 2 atom stereocenters. The molecule has 216 valence electrons. The van der Waals surface area contributed by atoms with Crippen LogP contribution in [0.3, 0.4) is 0 Å². The van der Waals surface area contributed by atoms with Crippen LogP contribution in [0.25, 0.3) is 17.2 Å². The lowest BCUT2D eigenvalue weighted by Gasteiger charge is -2.29. The zero-order valence-corrected chi connectivity index (χ0v) is 23.5. The molecule has 4 aromatic rings. The third-order valence-corrected chi connectivity index (χ3v) is 7.95. The summed E-state index contributed by atoms with van der Waals surface area (Å²) >= 11 is 0. The summed E-state index contributed by atoms with van der Waals surface area (Å²) in [6.45, 7) is -0.459. The van der Waals surface area contributed by atoms with Crippen LogP contribution >= 0.6 is 0 Å². The van der Waals surface area contributed by atoms with Crippen LogP contribution in [0.4, 0.5) is 8.78 Å². The van der Waals surface area contributed by atoms with Gasteiger partial charge in [-0.05, 0) is 83.0 Å². The van der Waals surface area contributed by atoms with Crippen molar-refractivity contribution < 1.29 is 23.1 Å². The number of rotatable bonds is 7. The van der Waals surface area contributed by atoms with E-state index < -0.39 is 24.5 Å². The van der Waals surface area contributed by atoms with E-state index in [1.807, 2.05) is 60.7 Å². The molecule has 0 aromatic heterocycles. The first-order valence-electron chi connectivity index (χ1n) is 14.4. The van der Waals surface area contributed by atoms with E-state index in [1.165, 1.54) is 29.3 Å². The van der Waals surface area contributed by atoms with Crippen molar-refractivity contribution in [1.29, 1.82) is 0 Å². The molecule has 1 amide bonds. The average molecular weight is 577 g/mol. The molecule has 2 aliphatic rings. The van der Waals surface area contributed by atoms with Gasteiger partial charge in [0, 0.05) is 5.92 Å². The minimum atomic E-state index is -0.514. The monoisotopic (exact) mass is 576 g/mol. The van der Waals surface area contributed by atoms with Gasteiger partial charge in [-0.2, -0.15) is 5.10 Å². The predicted molar refractivity (Wildman–Crippen MR) is 162 cm³/mol. The Hall–Kier alpha value is -4.91. The number of amides is 1. The molecule has 1 aliphatic heterocycles. The zero-order chi connectivity index (χ0) is 29.8. The van der Waals surface area contributed by atoms with Crippen LogP contribution in [0.5, 0.6) is 0 Å². The Labute approximate surface area is 249 Å². The number of carbonyl (C=O) groups is 2. The van der Waals surface area contributed by atoms with Crippen LogP contribution in [0.15, 0.2) is 114 Å². The second-order valence-corrected chi connectivity index (χ2v) is 10.8. The molecule has 1 fully saturated rings. The van der Waals surface area contributed by atoms with Crippen LogP contribution in [0.1, 0.15) is 42.0 Å². The van der Waals surface area contributed by atoms with E-state index >= 15 is 0 Å². The second-order valence-electron chi connectivity index (χ2n) is 10.8. The van der Waals surface area contributed by atoms with E-state index in [9.17, 15) is 18.4 Å². The molecule has 1 saturated carbocycles. The number of hydrazone groups is 1. The van der Waals surface area contributed by atoms with E-state index in [2.05, 4.69) is 0 Å². The SMILES string of the molecule is O=C(Cc1ccc(-c2ccccc2)cc1)OCC(=O)N1N=C2/C(=C\c3ccc(F)cc3)CCC[C@@H]2[C@@H]1c1ccc(F)cc1. The number of hydrogen-bond donors (Lipinski definition) is 0. The van der Waals surface area contributed by atoms with Gasteiger partial charge in [-0.25, -0.2) is 13.8 Å². The van der Waals surface area contributed by atoms with Crippen LogP contribution in [-0.2, 0) is 20.7 Å². The molecule has 5 nitrogen and oxygen atoms in total. The van der Waals surface area contributed by atoms with Crippen molar-refractivity contribution in [2.75, 3.05) is 6.61 Å². The van der Waals surface area contributed by atoms with Crippen LogP contribution in [0, 0.1) is 17.6 Å². The Morgan fingerprint density at radius 3 is 2.19 bits per heavy atom. The molecule has 0 bridgehead atoms. The van der Waals surface area contributed by atoms with E-state index in [0.29, 0.717) is 0 Å². The number of halogens is 2. The van der Waals surface area contributed by atoms with Gasteiger partial charge in [-0.1, -0.05) is 78.9 Å². The van der Waals surface area contributed by atoms with Crippen LogP contribution in [-0.4, -0.2) is 29.2 Å². The van der Waals surface area contributed by atoms with E-state index in [-0.39, 0.29) is 24.0 Å². The van der Waals surface area contributed by atoms with E-state index in [4.69, 9.17) is 9.84 Å². The Balaban J connectivity index is 1.18. The highest BCUT2D eigenvalue weighted by Crippen LogP contribution is 2.44. The minimum Gasteiger partial charge on any atom is -0.455 e. The van der Waals surface area contributed by atoms with Gasteiger partial charge in [0.05, 0.1) is 18.2 Å². The molecule has 0 N–H and O–H groups in total. The summed E-state index contributed by atoms with van der Waals surface area (Å²) in [5, 5.41) is 6.15. The van der Waals surface area contributed by atoms with Crippen LogP contribution in [0.2, 0.25) is 0 Å². The van der Waals surface area contributed by atoms with Crippen molar-refractivity contribution in [3.8, 4) is 11.1 Å². The number of carbonyl (C=O) groups excluding carboxylic acids is 2. The van der Waals surface area contributed by atoms with Crippen molar-refractivity contribution in [2.45, 2.75) is 31.7 Å². The normalized spacial score (nSPS) is 18.7. The lowest BCUT2D eigenvalue weighted by atomic mass is 9.77. The number of nitrogens with zero attached hydrogens (tertiary/aromatic N) is 2. The molecular weight excluding hydrogens is 546 g/mol. The minimum absolute atomic E-state index is 0.0332. The predicted octanol–water partition coefficient (Wildman–Crippen LogP) is 7.54. The Bertz CT molecular complexity index is 1660. The Morgan fingerprint density at radius 2 is 1.49 bits per heavy atom. The number of hydrogen-bond acceptors (Lipinski definition) is 4. The molecule has 43 heavy (non-hydrogen) atoms. The summed E-state index contributed by atoms with van der Waals surface area (Å²) in [6, 6.07) is 29.5. The maximum Gasteiger partial charge on any atom is 0.310 e. The lowest BCUT2D eigenvalue weighted by Crippen LogP contribution is -2.34. The smallest absolute Gasteiger partial charge is 0.310 e. The van der Waals surface area contributed by atoms with Gasteiger partial charge < -0.3 is 4.74 Å².